The minimum absolute atomic E-state index is 0.0164. The third kappa shape index (κ3) is 3.49. The molecule has 0 spiro atoms. The molecule has 2 aliphatic rings. The van der Waals surface area contributed by atoms with Gasteiger partial charge in [0.05, 0.1) is 25.3 Å². The number of ether oxygens (including phenoxy) is 1. The monoisotopic (exact) mass is 451 g/mol. The molecule has 2 fully saturated rings. The highest BCUT2D eigenvalue weighted by Crippen LogP contribution is 2.52. The van der Waals surface area contributed by atoms with Gasteiger partial charge in [-0.15, -0.1) is 5.10 Å². The number of carbonyl (C=O) groups excluding carboxylic acids is 1. The summed E-state index contributed by atoms with van der Waals surface area (Å²) < 4.78 is 10.8. The molecule has 33 heavy (non-hydrogen) atoms. The van der Waals surface area contributed by atoms with Gasteiger partial charge in [0.1, 0.15) is 16.7 Å². The number of likely N-dealkylation sites (tertiary alicyclic amines) is 1. The number of fused-ring (bicyclic) bond motifs is 2. The van der Waals surface area contributed by atoms with Crippen LogP contribution in [0.15, 0.2) is 36.2 Å². The van der Waals surface area contributed by atoms with Gasteiger partial charge in [0, 0.05) is 38.9 Å². The molecule has 2 atom stereocenters. The molecule has 0 aromatic carbocycles. The van der Waals surface area contributed by atoms with Gasteiger partial charge in [0.2, 0.25) is 5.91 Å². The van der Waals surface area contributed by atoms with Crippen LogP contribution in [-0.2, 0) is 18.4 Å². The SMILES string of the molecule is C=CC(=O)N1CC2C(C1)C2Cn1cc(Nc2cn(C)nc2OC)c2ncn(C(C)C)c2c1=O. The molecule has 5 rings (SSSR count). The number of hydrogen-bond acceptors (Lipinski definition) is 6. The summed E-state index contributed by atoms with van der Waals surface area (Å²) in [6.45, 7) is 9.73. The number of carbonyl (C=O) groups is 1. The highest BCUT2D eigenvalue weighted by Gasteiger charge is 2.56. The number of aryl methyl sites for hydroxylation is 1. The van der Waals surface area contributed by atoms with Crippen molar-refractivity contribution in [2.75, 3.05) is 25.5 Å². The Hall–Kier alpha value is -3.56. The first-order valence-electron chi connectivity index (χ1n) is 11.2. The van der Waals surface area contributed by atoms with Gasteiger partial charge in [-0.25, -0.2) is 4.98 Å². The molecule has 1 saturated carbocycles. The predicted octanol–water partition coefficient (Wildman–Crippen LogP) is 2.15. The molecule has 10 nitrogen and oxygen atoms in total. The number of aromatic nitrogens is 5. The first-order chi connectivity index (χ1) is 15.8. The molecule has 0 radical (unpaired) electrons. The highest BCUT2D eigenvalue weighted by atomic mass is 16.5. The normalized spacial score (nSPS) is 21.5. The molecule has 3 aromatic heterocycles. The lowest BCUT2D eigenvalue weighted by molar-refractivity contribution is -0.125. The van der Waals surface area contributed by atoms with Gasteiger partial charge in [0.25, 0.3) is 11.4 Å². The summed E-state index contributed by atoms with van der Waals surface area (Å²) in [7, 11) is 3.40. The first kappa shape index (κ1) is 21.3. The topological polar surface area (TPSA) is 99.2 Å². The number of nitrogens with one attached hydrogen (secondary N) is 1. The first-order valence-corrected chi connectivity index (χ1v) is 11.2. The zero-order chi connectivity index (χ0) is 23.4. The fourth-order valence-corrected chi connectivity index (χ4v) is 5.11. The predicted molar refractivity (Wildman–Crippen MR) is 125 cm³/mol. The Morgan fingerprint density at radius 2 is 2.03 bits per heavy atom. The lowest BCUT2D eigenvalue weighted by Crippen LogP contribution is -2.31. The van der Waals surface area contributed by atoms with Crippen molar-refractivity contribution in [3.8, 4) is 5.88 Å². The maximum absolute atomic E-state index is 13.5. The Morgan fingerprint density at radius 3 is 2.67 bits per heavy atom. The standard InChI is InChI=1S/C23H29N7O3/c1-6-19(31)28-7-14-15(8-28)16(14)9-29-11-17(25-18-10-27(4)26-22(18)33-5)20-21(23(29)32)30(12-24-20)13(2)3/h6,10-16,25H,1,7-9H2,2-5H3. The van der Waals surface area contributed by atoms with E-state index in [1.54, 1.807) is 22.7 Å². The van der Waals surface area contributed by atoms with Crippen LogP contribution in [0.2, 0.25) is 0 Å². The van der Waals surface area contributed by atoms with E-state index in [0.29, 0.717) is 46.9 Å². The van der Waals surface area contributed by atoms with E-state index < -0.39 is 0 Å². The van der Waals surface area contributed by atoms with Crippen molar-refractivity contribution in [2.24, 2.45) is 24.8 Å². The van der Waals surface area contributed by atoms with Crippen molar-refractivity contribution >= 4 is 28.3 Å². The third-order valence-corrected chi connectivity index (χ3v) is 6.88. The second kappa shape index (κ2) is 7.79. The number of hydrogen-bond donors (Lipinski definition) is 1. The van der Waals surface area contributed by atoms with Gasteiger partial charge in [-0.05, 0) is 37.7 Å². The van der Waals surface area contributed by atoms with Crippen LogP contribution in [0.1, 0.15) is 19.9 Å². The molecular weight excluding hydrogens is 422 g/mol. The molecule has 0 bridgehead atoms. The minimum atomic E-state index is -0.0519. The number of methoxy groups -OCH3 is 1. The number of anilines is 2. The van der Waals surface area contributed by atoms with Crippen molar-refractivity contribution in [1.29, 1.82) is 0 Å². The molecule has 1 aliphatic heterocycles. The summed E-state index contributed by atoms with van der Waals surface area (Å²) in [6, 6.07) is 0.0955. The average Bonchev–Trinajstić information content (AvgIpc) is 3.23. The van der Waals surface area contributed by atoms with Crippen molar-refractivity contribution in [2.45, 2.75) is 26.4 Å². The fraction of sp³-hybridized carbons (Fsp3) is 0.478. The van der Waals surface area contributed by atoms with Crippen molar-refractivity contribution in [3.63, 3.8) is 0 Å². The molecule has 1 amide bonds. The number of pyridine rings is 1. The van der Waals surface area contributed by atoms with E-state index in [2.05, 4.69) is 22.0 Å². The van der Waals surface area contributed by atoms with Crippen molar-refractivity contribution in [1.82, 2.24) is 28.8 Å². The summed E-state index contributed by atoms with van der Waals surface area (Å²) in [5.74, 6) is 1.69. The Labute approximate surface area is 191 Å². The fourth-order valence-electron chi connectivity index (χ4n) is 5.11. The van der Waals surface area contributed by atoms with E-state index in [-0.39, 0.29) is 17.5 Å². The van der Waals surface area contributed by atoms with Crippen LogP contribution < -0.4 is 15.6 Å². The number of piperidine rings is 1. The lowest BCUT2D eigenvalue weighted by atomic mass is 10.2. The van der Waals surface area contributed by atoms with Crippen LogP contribution in [0, 0.1) is 17.8 Å². The van der Waals surface area contributed by atoms with Crippen LogP contribution in [0.3, 0.4) is 0 Å². The van der Waals surface area contributed by atoms with E-state index in [9.17, 15) is 9.59 Å². The molecule has 1 aliphatic carbocycles. The average molecular weight is 452 g/mol. The Morgan fingerprint density at radius 1 is 1.30 bits per heavy atom. The van der Waals surface area contributed by atoms with E-state index in [0.717, 1.165) is 18.8 Å². The molecule has 174 valence electrons. The minimum Gasteiger partial charge on any atom is -0.478 e. The molecular formula is C23H29N7O3. The highest BCUT2D eigenvalue weighted by molar-refractivity contribution is 5.90. The molecule has 1 N–H and O–H groups in total. The van der Waals surface area contributed by atoms with Crippen LogP contribution >= 0.6 is 0 Å². The lowest BCUT2D eigenvalue weighted by Gasteiger charge is -2.19. The molecule has 4 heterocycles. The van der Waals surface area contributed by atoms with Gasteiger partial charge < -0.3 is 24.1 Å². The van der Waals surface area contributed by atoms with E-state index in [4.69, 9.17) is 4.74 Å². The van der Waals surface area contributed by atoms with Crippen LogP contribution in [0.25, 0.3) is 11.0 Å². The summed E-state index contributed by atoms with van der Waals surface area (Å²) in [6.07, 6.45) is 6.76. The summed E-state index contributed by atoms with van der Waals surface area (Å²) in [5.41, 5.74) is 2.57. The van der Waals surface area contributed by atoms with Crippen molar-refractivity contribution in [3.05, 3.63) is 41.7 Å². The second-order valence-corrected chi connectivity index (χ2v) is 9.23. The number of nitrogens with zero attached hydrogens (tertiary/aromatic N) is 6. The Balaban J connectivity index is 1.50. The largest absolute Gasteiger partial charge is 0.478 e. The summed E-state index contributed by atoms with van der Waals surface area (Å²) >= 11 is 0. The number of amides is 1. The maximum atomic E-state index is 13.5. The molecule has 2 unspecified atom stereocenters. The van der Waals surface area contributed by atoms with Gasteiger partial charge >= 0.3 is 0 Å². The van der Waals surface area contributed by atoms with Crippen LogP contribution in [-0.4, -0.2) is 54.9 Å². The van der Waals surface area contributed by atoms with E-state index >= 15 is 0 Å². The molecule has 1 saturated heterocycles. The maximum Gasteiger partial charge on any atom is 0.276 e. The Kier molecular flexibility index (Phi) is 5.02. The third-order valence-electron chi connectivity index (χ3n) is 6.88. The summed E-state index contributed by atoms with van der Waals surface area (Å²) in [4.78, 5) is 31.8. The van der Waals surface area contributed by atoms with Crippen molar-refractivity contribution < 1.29 is 9.53 Å². The quantitative estimate of drug-likeness (QED) is 0.553. The summed E-state index contributed by atoms with van der Waals surface area (Å²) in [5, 5.41) is 7.68. The molecule has 3 aromatic rings. The van der Waals surface area contributed by atoms with Crippen LogP contribution in [0.4, 0.5) is 11.4 Å². The van der Waals surface area contributed by atoms with E-state index in [1.165, 1.54) is 6.08 Å². The second-order valence-electron chi connectivity index (χ2n) is 9.23. The van der Waals surface area contributed by atoms with Gasteiger partial charge in [-0.2, -0.15) is 0 Å². The number of rotatable bonds is 7. The van der Waals surface area contributed by atoms with E-state index in [1.807, 2.05) is 42.8 Å². The Bertz CT molecular complexity index is 1290. The van der Waals surface area contributed by atoms with Gasteiger partial charge in [-0.1, -0.05) is 6.58 Å². The number of imidazole rings is 1. The zero-order valence-electron chi connectivity index (χ0n) is 19.4. The zero-order valence-corrected chi connectivity index (χ0v) is 19.4. The van der Waals surface area contributed by atoms with Gasteiger partial charge in [0.15, 0.2) is 0 Å². The van der Waals surface area contributed by atoms with Gasteiger partial charge in [-0.3, -0.25) is 14.3 Å². The van der Waals surface area contributed by atoms with Crippen LogP contribution in [0.5, 0.6) is 5.88 Å². The molecule has 10 heteroatoms. The smallest absolute Gasteiger partial charge is 0.276 e.